The molecule has 0 aliphatic carbocycles. The molecule has 3 aromatic rings. The van der Waals surface area contributed by atoms with Crippen LogP contribution in [0.15, 0.2) is 54.9 Å². The lowest BCUT2D eigenvalue weighted by Crippen LogP contribution is -2.30. The average Bonchev–Trinajstić information content (AvgIpc) is 3.39. The molecule has 0 bridgehead atoms. The number of ether oxygens (including phenoxy) is 1. The molecule has 1 amide bonds. The van der Waals surface area contributed by atoms with Gasteiger partial charge in [0, 0.05) is 34.5 Å². The Labute approximate surface area is 162 Å². The van der Waals surface area contributed by atoms with Gasteiger partial charge in [0.1, 0.15) is 5.75 Å². The summed E-state index contributed by atoms with van der Waals surface area (Å²) in [6.07, 6.45) is 5.41. The fourth-order valence-electron chi connectivity index (χ4n) is 3.71. The maximum absolute atomic E-state index is 13.2. The summed E-state index contributed by atoms with van der Waals surface area (Å²) in [5.41, 5.74) is 3.43. The van der Waals surface area contributed by atoms with Crippen LogP contribution < -0.4 is 4.74 Å². The number of hydrogen-bond acceptors (Lipinski definition) is 3. The number of aromatic amines is 1. The first-order valence-corrected chi connectivity index (χ1v) is 9.29. The number of carbonyl (C=O) groups is 1. The molecule has 1 N–H and O–H groups in total. The third-order valence-corrected chi connectivity index (χ3v) is 5.38. The van der Waals surface area contributed by atoms with E-state index in [1.54, 1.807) is 25.6 Å². The van der Waals surface area contributed by atoms with E-state index in [9.17, 15) is 4.79 Å². The van der Waals surface area contributed by atoms with E-state index in [0.717, 1.165) is 36.1 Å². The van der Waals surface area contributed by atoms with Crippen LogP contribution in [0.5, 0.6) is 5.75 Å². The van der Waals surface area contributed by atoms with E-state index in [4.69, 9.17) is 16.3 Å². The number of methoxy groups -OCH3 is 1. The molecule has 1 aromatic heterocycles. The lowest BCUT2D eigenvalue weighted by Gasteiger charge is -2.26. The SMILES string of the molecule is COc1cc(C(=O)N2CCCC2c2ccccc2Cl)ccc1-c1cn[nH]c1. The molecule has 2 aromatic carbocycles. The zero-order chi connectivity index (χ0) is 18.8. The van der Waals surface area contributed by atoms with Crippen LogP contribution in [0.2, 0.25) is 5.02 Å². The van der Waals surface area contributed by atoms with Crippen LogP contribution in [0.1, 0.15) is 34.8 Å². The lowest BCUT2D eigenvalue weighted by atomic mass is 10.0. The van der Waals surface area contributed by atoms with Gasteiger partial charge in [-0.25, -0.2) is 0 Å². The van der Waals surface area contributed by atoms with Crippen molar-refractivity contribution in [2.75, 3.05) is 13.7 Å². The number of nitrogens with zero attached hydrogens (tertiary/aromatic N) is 2. The predicted octanol–water partition coefficient (Wildman–Crippen LogP) is 4.72. The maximum Gasteiger partial charge on any atom is 0.254 e. The Morgan fingerprint density at radius 3 is 2.89 bits per heavy atom. The van der Waals surface area contributed by atoms with Gasteiger partial charge in [-0.1, -0.05) is 29.8 Å². The Balaban J connectivity index is 1.65. The van der Waals surface area contributed by atoms with Gasteiger partial charge in [0.05, 0.1) is 19.3 Å². The molecule has 5 nitrogen and oxygen atoms in total. The molecular formula is C21H20ClN3O2. The molecular weight excluding hydrogens is 362 g/mol. The molecule has 1 saturated heterocycles. The van der Waals surface area contributed by atoms with E-state index in [0.29, 0.717) is 16.3 Å². The van der Waals surface area contributed by atoms with Gasteiger partial charge in [0.2, 0.25) is 0 Å². The van der Waals surface area contributed by atoms with E-state index in [-0.39, 0.29) is 11.9 Å². The summed E-state index contributed by atoms with van der Waals surface area (Å²) >= 11 is 6.38. The molecule has 1 aliphatic rings. The van der Waals surface area contributed by atoms with Crippen LogP contribution in [0, 0.1) is 0 Å². The van der Waals surface area contributed by atoms with Crippen molar-refractivity contribution >= 4 is 17.5 Å². The molecule has 0 saturated carbocycles. The predicted molar refractivity (Wildman–Crippen MR) is 105 cm³/mol. The number of aromatic nitrogens is 2. The Morgan fingerprint density at radius 1 is 1.30 bits per heavy atom. The molecule has 4 rings (SSSR count). The Kier molecular flexibility index (Phi) is 4.86. The average molecular weight is 382 g/mol. The van der Waals surface area contributed by atoms with Crippen LogP contribution in [0.25, 0.3) is 11.1 Å². The Hall–Kier alpha value is -2.79. The van der Waals surface area contributed by atoms with Gasteiger partial charge in [-0.05, 0) is 42.7 Å². The van der Waals surface area contributed by atoms with Gasteiger partial charge < -0.3 is 9.64 Å². The minimum absolute atomic E-state index is 0.00513. The first-order chi connectivity index (χ1) is 13.2. The number of likely N-dealkylation sites (tertiary alicyclic amines) is 1. The number of hydrogen-bond donors (Lipinski definition) is 1. The van der Waals surface area contributed by atoms with Gasteiger partial charge in [-0.15, -0.1) is 0 Å². The molecule has 1 fully saturated rings. The number of benzene rings is 2. The standard InChI is InChI=1S/C21H20ClN3O2/c1-27-20-11-14(8-9-16(20)15-12-23-24-13-15)21(26)25-10-4-7-19(25)17-5-2-3-6-18(17)22/h2-3,5-6,8-9,11-13,19H,4,7,10H2,1H3,(H,23,24). The molecule has 6 heteroatoms. The van der Waals surface area contributed by atoms with Gasteiger partial charge in [0.25, 0.3) is 5.91 Å². The highest BCUT2D eigenvalue weighted by molar-refractivity contribution is 6.31. The molecule has 27 heavy (non-hydrogen) atoms. The van der Waals surface area contributed by atoms with Gasteiger partial charge in [0.15, 0.2) is 0 Å². The molecule has 2 heterocycles. The van der Waals surface area contributed by atoms with E-state index in [2.05, 4.69) is 10.2 Å². The zero-order valence-electron chi connectivity index (χ0n) is 15.0. The minimum atomic E-state index is -0.00513. The molecule has 0 radical (unpaired) electrons. The largest absolute Gasteiger partial charge is 0.496 e. The molecule has 0 spiro atoms. The third-order valence-electron chi connectivity index (χ3n) is 5.04. The smallest absolute Gasteiger partial charge is 0.254 e. The zero-order valence-corrected chi connectivity index (χ0v) is 15.7. The van der Waals surface area contributed by atoms with Crippen LogP contribution >= 0.6 is 11.6 Å². The lowest BCUT2D eigenvalue weighted by molar-refractivity contribution is 0.0735. The maximum atomic E-state index is 13.2. The van der Waals surface area contributed by atoms with E-state index >= 15 is 0 Å². The summed E-state index contributed by atoms with van der Waals surface area (Å²) < 4.78 is 5.52. The summed E-state index contributed by atoms with van der Waals surface area (Å²) in [5, 5.41) is 7.48. The van der Waals surface area contributed by atoms with Crippen molar-refractivity contribution in [1.29, 1.82) is 0 Å². The summed E-state index contributed by atoms with van der Waals surface area (Å²) in [7, 11) is 1.61. The van der Waals surface area contributed by atoms with Crippen molar-refractivity contribution in [3.05, 3.63) is 71.0 Å². The summed E-state index contributed by atoms with van der Waals surface area (Å²) in [4.78, 5) is 15.1. The monoisotopic (exact) mass is 381 g/mol. The highest BCUT2D eigenvalue weighted by Crippen LogP contribution is 2.37. The highest BCUT2D eigenvalue weighted by Gasteiger charge is 2.32. The number of carbonyl (C=O) groups excluding carboxylic acids is 1. The summed E-state index contributed by atoms with van der Waals surface area (Å²) in [6, 6.07) is 13.3. The van der Waals surface area contributed by atoms with Crippen LogP contribution in [0.4, 0.5) is 0 Å². The quantitative estimate of drug-likeness (QED) is 0.711. The second-order valence-electron chi connectivity index (χ2n) is 6.58. The second kappa shape index (κ2) is 7.45. The van der Waals surface area contributed by atoms with Crippen molar-refractivity contribution in [3.63, 3.8) is 0 Å². The Morgan fingerprint density at radius 2 is 2.15 bits per heavy atom. The van der Waals surface area contributed by atoms with Crippen molar-refractivity contribution < 1.29 is 9.53 Å². The number of H-pyrrole nitrogens is 1. The highest BCUT2D eigenvalue weighted by atomic mass is 35.5. The molecule has 1 unspecified atom stereocenters. The second-order valence-corrected chi connectivity index (χ2v) is 6.99. The summed E-state index contributed by atoms with van der Waals surface area (Å²) in [5.74, 6) is 0.644. The summed E-state index contributed by atoms with van der Waals surface area (Å²) in [6.45, 7) is 0.723. The number of rotatable bonds is 4. The molecule has 138 valence electrons. The number of halogens is 1. The van der Waals surface area contributed by atoms with Gasteiger partial charge >= 0.3 is 0 Å². The van der Waals surface area contributed by atoms with Crippen molar-refractivity contribution in [2.24, 2.45) is 0 Å². The topological polar surface area (TPSA) is 58.2 Å². The fourth-order valence-corrected chi connectivity index (χ4v) is 3.97. The number of nitrogens with one attached hydrogen (secondary N) is 1. The van der Waals surface area contributed by atoms with Crippen molar-refractivity contribution in [2.45, 2.75) is 18.9 Å². The van der Waals surface area contributed by atoms with Crippen LogP contribution in [0.3, 0.4) is 0 Å². The van der Waals surface area contributed by atoms with Gasteiger partial charge in [-0.3, -0.25) is 9.89 Å². The van der Waals surface area contributed by atoms with Crippen LogP contribution in [-0.2, 0) is 0 Å². The third kappa shape index (κ3) is 3.30. The van der Waals surface area contributed by atoms with Crippen molar-refractivity contribution in [3.8, 4) is 16.9 Å². The van der Waals surface area contributed by atoms with E-state index in [1.807, 2.05) is 41.3 Å². The molecule has 1 aliphatic heterocycles. The van der Waals surface area contributed by atoms with Crippen molar-refractivity contribution in [1.82, 2.24) is 15.1 Å². The first-order valence-electron chi connectivity index (χ1n) is 8.91. The minimum Gasteiger partial charge on any atom is -0.496 e. The van der Waals surface area contributed by atoms with Gasteiger partial charge in [-0.2, -0.15) is 5.10 Å². The van der Waals surface area contributed by atoms with E-state index in [1.165, 1.54) is 0 Å². The first kappa shape index (κ1) is 17.6. The molecule has 1 atom stereocenters. The van der Waals surface area contributed by atoms with E-state index < -0.39 is 0 Å². The van der Waals surface area contributed by atoms with Crippen LogP contribution in [-0.4, -0.2) is 34.7 Å². The fraction of sp³-hybridized carbons (Fsp3) is 0.238. The number of amides is 1. The normalized spacial score (nSPS) is 16.5. The Bertz CT molecular complexity index is 956.